The summed E-state index contributed by atoms with van der Waals surface area (Å²) in [5.74, 6) is 8.17. The second-order valence-electron chi connectivity index (χ2n) is 6.53. The van der Waals surface area contributed by atoms with Crippen molar-refractivity contribution in [3.8, 4) is 0 Å². The molecule has 1 fully saturated rings. The molecule has 0 aliphatic heterocycles. The average Bonchev–Trinajstić information content (AvgIpc) is 2.37. The van der Waals surface area contributed by atoms with Crippen LogP contribution in [0.5, 0.6) is 0 Å². The highest BCUT2D eigenvalue weighted by molar-refractivity contribution is 4.96. The van der Waals surface area contributed by atoms with E-state index in [0.717, 1.165) is 31.3 Å². The van der Waals surface area contributed by atoms with Crippen molar-refractivity contribution in [3.63, 3.8) is 0 Å². The fourth-order valence-electron chi connectivity index (χ4n) is 4.27. The van der Waals surface area contributed by atoms with E-state index >= 15 is 0 Å². The highest BCUT2D eigenvalue weighted by Gasteiger charge is 2.42. The van der Waals surface area contributed by atoms with Crippen LogP contribution in [0.2, 0.25) is 0 Å². The van der Waals surface area contributed by atoms with Crippen molar-refractivity contribution in [2.75, 3.05) is 6.61 Å². The van der Waals surface area contributed by atoms with E-state index in [9.17, 15) is 0 Å². The second-order valence-corrected chi connectivity index (χ2v) is 6.53. The van der Waals surface area contributed by atoms with Gasteiger partial charge in [-0.05, 0) is 56.8 Å². The Balaban J connectivity index is 2.89. The van der Waals surface area contributed by atoms with E-state index in [1.807, 2.05) is 0 Å². The first-order valence-electron chi connectivity index (χ1n) is 8.12. The van der Waals surface area contributed by atoms with Gasteiger partial charge in [-0.2, -0.15) is 0 Å². The van der Waals surface area contributed by atoms with Gasteiger partial charge in [-0.3, -0.25) is 11.3 Å². The van der Waals surface area contributed by atoms with Crippen molar-refractivity contribution in [2.24, 2.45) is 23.6 Å². The normalized spacial score (nSPS) is 30.3. The van der Waals surface area contributed by atoms with Crippen LogP contribution in [0.4, 0.5) is 0 Å². The Kier molecular flexibility index (Phi) is 6.78. The molecule has 3 atom stereocenters. The largest absolute Gasteiger partial charge is 0.374 e. The lowest BCUT2D eigenvalue weighted by molar-refractivity contribution is -0.0927. The molecule has 0 aromatic carbocycles. The summed E-state index contributed by atoms with van der Waals surface area (Å²) in [7, 11) is 0. The molecule has 3 heteroatoms. The van der Waals surface area contributed by atoms with Gasteiger partial charge in [-0.15, -0.1) is 0 Å². The van der Waals surface area contributed by atoms with Crippen LogP contribution in [-0.4, -0.2) is 18.2 Å². The fraction of sp³-hybridized carbons (Fsp3) is 1.00. The monoisotopic (exact) mass is 270 g/mol. The Labute approximate surface area is 119 Å². The summed E-state index contributed by atoms with van der Waals surface area (Å²) < 4.78 is 6.16. The Bertz CT molecular complexity index is 243. The minimum Gasteiger partial charge on any atom is -0.374 e. The molecule has 3 unspecified atom stereocenters. The Morgan fingerprint density at radius 1 is 1.11 bits per heavy atom. The summed E-state index contributed by atoms with van der Waals surface area (Å²) in [5.41, 5.74) is 3.01. The summed E-state index contributed by atoms with van der Waals surface area (Å²) >= 11 is 0. The van der Waals surface area contributed by atoms with Crippen LogP contribution in [0.25, 0.3) is 0 Å². The predicted molar refractivity (Wildman–Crippen MR) is 81.7 cm³/mol. The first kappa shape index (κ1) is 16.9. The highest BCUT2D eigenvalue weighted by Crippen LogP contribution is 2.40. The van der Waals surface area contributed by atoms with E-state index in [-0.39, 0.29) is 11.6 Å². The van der Waals surface area contributed by atoms with E-state index in [1.165, 1.54) is 19.3 Å². The predicted octanol–water partition coefficient (Wildman–Crippen LogP) is 3.49. The molecule has 19 heavy (non-hydrogen) atoms. The van der Waals surface area contributed by atoms with Crippen molar-refractivity contribution in [3.05, 3.63) is 0 Å². The van der Waals surface area contributed by atoms with E-state index in [4.69, 9.17) is 10.6 Å². The van der Waals surface area contributed by atoms with Gasteiger partial charge in [-0.25, -0.2) is 0 Å². The van der Waals surface area contributed by atoms with E-state index in [0.29, 0.717) is 5.92 Å². The van der Waals surface area contributed by atoms with Crippen molar-refractivity contribution in [1.29, 1.82) is 0 Å². The van der Waals surface area contributed by atoms with Crippen LogP contribution in [0.15, 0.2) is 0 Å². The average molecular weight is 270 g/mol. The van der Waals surface area contributed by atoms with Crippen LogP contribution in [0, 0.1) is 17.8 Å². The maximum atomic E-state index is 6.16. The Hall–Kier alpha value is -0.120. The molecule has 3 nitrogen and oxygen atoms in total. The highest BCUT2D eigenvalue weighted by atomic mass is 16.5. The van der Waals surface area contributed by atoms with E-state index < -0.39 is 0 Å². The fourth-order valence-corrected chi connectivity index (χ4v) is 4.27. The first-order chi connectivity index (χ1) is 9.02. The number of hydrogen-bond donors (Lipinski definition) is 2. The van der Waals surface area contributed by atoms with E-state index in [1.54, 1.807) is 0 Å². The van der Waals surface area contributed by atoms with E-state index in [2.05, 4.69) is 40.0 Å². The first-order valence-corrected chi connectivity index (χ1v) is 8.12. The van der Waals surface area contributed by atoms with Gasteiger partial charge in [0.2, 0.25) is 0 Å². The molecule has 0 aromatic rings. The molecule has 3 N–H and O–H groups in total. The SMILES string of the molecule is CCOC(CC)(CC)C(NN)C1CC(C)CC(C)C1. The van der Waals surface area contributed by atoms with Crippen LogP contribution < -0.4 is 11.3 Å². The Morgan fingerprint density at radius 2 is 1.63 bits per heavy atom. The zero-order valence-electron chi connectivity index (χ0n) is 13.5. The second kappa shape index (κ2) is 7.61. The lowest BCUT2D eigenvalue weighted by atomic mass is 9.69. The quantitative estimate of drug-likeness (QED) is 0.550. The molecule has 0 heterocycles. The van der Waals surface area contributed by atoms with Crippen LogP contribution in [0.1, 0.15) is 66.7 Å². The maximum Gasteiger partial charge on any atom is 0.0845 e. The zero-order valence-corrected chi connectivity index (χ0v) is 13.5. The van der Waals surface area contributed by atoms with Crippen LogP contribution in [-0.2, 0) is 4.74 Å². The van der Waals surface area contributed by atoms with Crippen molar-refractivity contribution >= 4 is 0 Å². The van der Waals surface area contributed by atoms with Gasteiger partial charge in [0.05, 0.1) is 11.6 Å². The van der Waals surface area contributed by atoms with Gasteiger partial charge in [0, 0.05) is 6.61 Å². The van der Waals surface area contributed by atoms with Gasteiger partial charge in [0.1, 0.15) is 0 Å². The smallest absolute Gasteiger partial charge is 0.0845 e. The number of nitrogens with two attached hydrogens (primary N) is 1. The van der Waals surface area contributed by atoms with Crippen LogP contribution >= 0.6 is 0 Å². The molecule has 0 saturated heterocycles. The maximum absolute atomic E-state index is 6.16. The molecule has 1 aliphatic rings. The molecule has 0 amide bonds. The van der Waals surface area contributed by atoms with Crippen LogP contribution in [0.3, 0.4) is 0 Å². The Morgan fingerprint density at radius 3 is 2.00 bits per heavy atom. The molecule has 0 radical (unpaired) electrons. The molecule has 1 rings (SSSR count). The minimum absolute atomic E-state index is 0.106. The standard InChI is InChI=1S/C16H34N2O/c1-6-16(7-2,19-8-3)15(18-17)14-10-12(4)9-13(5)11-14/h12-15,18H,6-11,17H2,1-5H3. The third-order valence-electron chi connectivity index (χ3n) is 5.06. The van der Waals surface area contributed by atoms with Crippen molar-refractivity contribution < 1.29 is 4.74 Å². The third kappa shape index (κ3) is 3.93. The number of ether oxygens (including phenoxy) is 1. The molecule has 0 bridgehead atoms. The lowest BCUT2D eigenvalue weighted by Crippen LogP contribution is -2.59. The summed E-state index contributed by atoms with van der Waals surface area (Å²) in [6, 6.07) is 0.271. The number of rotatable bonds is 7. The van der Waals surface area contributed by atoms with Gasteiger partial charge in [0.25, 0.3) is 0 Å². The summed E-state index contributed by atoms with van der Waals surface area (Å²) in [6.45, 7) is 12.0. The lowest BCUT2D eigenvalue weighted by Gasteiger charge is -2.46. The van der Waals surface area contributed by atoms with Gasteiger partial charge >= 0.3 is 0 Å². The summed E-state index contributed by atoms with van der Waals surface area (Å²) in [5, 5.41) is 0. The minimum atomic E-state index is -0.106. The molecule has 1 saturated carbocycles. The molecular formula is C16H34N2O. The molecular weight excluding hydrogens is 236 g/mol. The molecule has 0 spiro atoms. The topological polar surface area (TPSA) is 47.3 Å². The van der Waals surface area contributed by atoms with Gasteiger partial charge in [-0.1, -0.05) is 27.7 Å². The van der Waals surface area contributed by atoms with Gasteiger partial charge < -0.3 is 4.74 Å². The van der Waals surface area contributed by atoms with Crippen molar-refractivity contribution in [1.82, 2.24) is 5.43 Å². The zero-order chi connectivity index (χ0) is 14.5. The number of hydrazine groups is 1. The number of nitrogens with one attached hydrogen (secondary N) is 1. The molecule has 1 aliphatic carbocycles. The third-order valence-corrected chi connectivity index (χ3v) is 5.06. The summed E-state index contributed by atoms with van der Waals surface area (Å²) in [6.07, 6.45) is 5.94. The van der Waals surface area contributed by atoms with Gasteiger partial charge in [0.15, 0.2) is 0 Å². The number of hydrogen-bond acceptors (Lipinski definition) is 3. The molecule has 0 aromatic heterocycles. The molecule has 114 valence electrons. The van der Waals surface area contributed by atoms with Crippen molar-refractivity contribution in [2.45, 2.75) is 78.4 Å². The summed E-state index contributed by atoms with van der Waals surface area (Å²) in [4.78, 5) is 0.